The summed E-state index contributed by atoms with van der Waals surface area (Å²) in [4.78, 5) is 10.9. The predicted molar refractivity (Wildman–Crippen MR) is 64.9 cm³/mol. The quantitative estimate of drug-likeness (QED) is 0.815. The van der Waals surface area contributed by atoms with Crippen LogP contribution in [0.4, 0.5) is 0 Å². The molecular weight excluding hydrogens is 202 g/mol. The SMILES string of the molecule is C=C(c1ccccc1)C(C)(C)[C@@H](N)C(=O)O. The van der Waals surface area contributed by atoms with Gasteiger partial charge in [0.2, 0.25) is 0 Å². The second-order valence-electron chi connectivity index (χ2n) is 4.38. The Labute approximate surface area is 95.6 Å². The summed E-state index contributed by atoms with van der Waals surface area (Å²) in [6.45, 7) is 7.54. The summed E-state index contributed by atoms with van der Waals surface area (Å²) < 4.78 is 0. The lowest BCUT2D eigenvalue weighted by atomic mass is 9.75. The second-order valence-corrected chi connectivity index (χ2v) is 4.38. The molecule has 1 rings (SSSR count). The molecule has 0 spiro atoms. The Morgan fingerprint density at radius 3 is 2.31 bits per heavy atom. The molecule has 0 saturated carbocycles. The molecule has 1 aromatic rings. The minimum atomic E-state index is -1.01. The Balaban J connectivity index is 3.01. The van der Waals surface area contributed by atoms with E-state index in [0.717, 1.165) is 11.1 Å². The molecule has 0 bridgehead atoms. The summed E-state index contributed by atoms with van der Waals surface area (Å²) >= 11 is 0. The van der Waals surface area contributed by atoms with Crippen LogP contribution >= 0.6 is 0 Å². The van der Waals surface area contributed by atoms with Crippen LogP contribution in [0.25, 0.3) is 5.57 Å². The van der Waals surface area contributed by atoms with Crippen LogP contribution in [-0.4, -0.2) is 17.1 Å². The molecule has 0 heterocycles. The first-order chi connectivity index (χ1) is 7.37. The van der Waals surface area contributed by atoms with Crippen LogP contribution in [0.3, 0.4) is 0 Å². The third-order valence-electron chi connectivity index (χ3n) is 2.94. The molecule has 0 aliphatic heterocycles. The van der Waals surface area contributed by atoms with E-state index in [0.29, 0.717) is 0 Å². The lowest BCUT2D eigenvalue weighted by Crippen LogP contribution is -2.44. The van der Waals surface area contributed by atoms with Crippen molar-refractivity contribution in [1.29, 1.82) is 0 Å². The lowest BCUT2D eigenvalue weighted by Gasteiger charge is -2.31. The van der Waals surface area contributed by atoms with Crippen LogP contribution < -0.4 is 5.73 Å². The van der Waals surface area contributed by atoms with E-state index in [4.69, 9.17) is 10.8 Å². The first-order valence-electron chi connectivity index (χ1n) is 5.10. The van der Waals surface area contributed by atoms with Crippen LogP contribution in [0.15, 0.2) is 36.9 Å². The van der Waals surface area contributed by atoms with Crippen LogP contribution in [-0.2, 0) is 4.79 Å². The molecule has 0 aliphatic rings. The highest BCUT2D eigenvalue weighted by Crippen LogP contribution is 2.35. The maximum Gasteiger partial charge on any atom is 0.321 e. The Hall–Kier alpha value is -1.61. The maximum absolute atomic E-state index is 10.9. The number of carbonyl (C=O) groups is 1. The number of rotatable bonds is 4. The fourth-order valence-corrected chi connectivity index (χ4v) is 1.51. The van der Waals surface area contributed by atoms with Crippen molar-refractivity contribution in [2.75, 3.05) is 0 Å². The van der Waals surface area contributed by atoms with Crippen molar-refractivity contribution < 1.29 is 9.90 Å². The van der Waals surface area contributed by atoms with E-state index in [9.17, 15) is 4.79 Å². The van der Waals surface area contributed by atoms with Crippen molar-refractivity contribution in [3.05, 3.63) is 42.5 Å². The van der Waals surface area contributed by atoms with Gasteiger partial charge in [-0.15, -0.1) is 0 Å². The fraction of sp³-hybridized carbons (Fsp3) is 0.308. The molecule has 0 aliphatic carbocycles. The first kappa shape index (κ1) is 12.5. The first-order valence-corrected chi connectivity index (χ1v) is 5.10. The topological polar surface area (TPSA) is 63.3 Å². The third kappa shape index (κ3) is 2.31. The molecule has 86 valence electrons. The van der Waals surface area contributed by atoms with E-state index < -0.39 is 17.4 Å². The maximum atomic E-state index is 10.9. The highest BCUT2D eigenvalue weighted by molar-refractivity contribution is 5.80. The standard InChI is InChI=1S/C13H17NO2/c1-9(10-7-5-4-6-8-10)13(2,3)11(14)12(15)16/h4-8,11H,1,14H2,2-3H3,(H,15,16)/t11-/m0/s1. The zero-order chi connectivity index (χ0) is 12.3. The number of benzene rings is 1. The average Bonchev–Trinajstić information content (AvgIpc) is 2.28. The summed E-state index contributed by atoms with van der Waals surface area (Å²) in [7, 11) is 0. The van der Waals surface area contributed by atoms with Gasteiger partial charge in [-0.05, 0) is 11.1 Å². The monoisotopic (exact) mass is 219 g/mol. The summed E-state index contributed by atoms with van der Waals surface area (Å²) in [5.74, 6) is -1.01. The Bertz CT molecular complexity index is 396. The van der Waals surface area contributed by atoms with Crippen molar-refractivity contribution in [2.45, 2.75) is 19.9 Å². The molecule has 0 fully saturated rings. The molecule has 3 N–H and O–H groups in total. The molecule has 3 heteroatoms. The Morgan fingerprint density at radius 1 is 1.38 bits per heavy atom. The van der Waals surface area contributed by atoms with Crippen LogP contribution in [0, 0.1) is 5.41 Å². The summed E-state index contributed by atoms with van der Waals surface area (Å²) in [5, 5.41) is 8.95. The number of aliphatic carboxylic acids is 1. The zero-order valence-corrected chi connectivity index (χ0v) is 9.60. The summed E-state index contributed by atoms with van der Waals surface area (Å²) in [6.07, 6.45) is 0. The minimum absolute atomic E-state index is 0.673. The predicted octanol–water partition coefficient (Wildman–Crippen LogP) is 2.14. The summed E-state index contributed by atoms with van der Waals surface area (Å²) in [5.41, 5.74) is 6.66. The van der Waals surface area contributed by atoms with Crippen molar-refractivity contribution in [1.82, 2.24) is 0 Å². The van der Waals surface area contributed by atoms with Gasteiger partial charge in [0.25, 0.3) is 0 Å². The number of hydrogen-bond donors (Lipinski definition) is 2. The van der Waals surface area contributed by atoms with E-state index in [1.165, 1.54) is 0 Å². The fourth-order valence-electron chi connectivity index (χ4n) is 1.51. The second kappa shape index (κ2) is 4.49. The van der Waals surface area contributed by atoms with Gasteiger partial charge in [-0.1, -0.05) is 50.8 Å². The highest BCUT2D eigenvalue weighted by atomic mass is 16.4. The Kier molecular flexibility index (Phi) is 3.50. The van der Waals surface area contributed by atoms with E-state index in [1.807, 2.05) is 30.3 Å². The van der Waals surface area contributed by atoms with Gasteiger partial charge in [-0.25, -0.2) is 0 Å². The van der Waals surface area contributed by atoms with Crippen molar-refractivity contribution >= 4 is 11.5 Å². The number of hydrogen-bond acceptors (Lipinski definition) is 2. The largest absolute Gasteiger partial charge is 0.480 e. The molecule has 16 heavy (non-hydrogen) atoms. The average molecular weight is 219 g/mol. The normalized spacial score (nSPS) is 13.2. The van der Waals surface area contributed by atoms with E-state index in [-0.39, 0.29) is 0 Å². The van der Waals surface area contributed by atoms with Gasteiger partial charge >= 0.3 is 5.97 Å². The molecule has 0 radical (unpaired) electrons. The van der Waals surface area contributed by atoms with Crippen molar-refractivity contribution in [2.24, 2.45) is 11.1 Å². The van der Waals surface area contributed by atoms with Crippen molar-refractivity contribution in [3.63, 3.8) is 0 Å². The van der Waals surface area contributed by atoms with Crippen LogP contribution in [0.1, 0.15) is 19.4 Å². The van der Waals surface area contributed by atoms with Gasteiger partial charge in [0.1, 0.15) is 6.04 Å². The van der Waals surface area contributed by atoms with Gasteiger partial charge in [0.05, 0.1) is 0 Å². The zero-order valence-electron chi connectivity index (χ0n) is 9.60. The molecular formula is C13H17NO2. The van der Waals surface area contributed by atoms with Crippen LogP contribution in [0.2, 0.25) is 0 Å². The van der Waals surface area contributed by atoms with Gasteiger partial charge in [-0.3, -0.25) is 4.79 Å². The van der Waals surface area contributed by atoms with E-state index in [1.54, 1.807) is 13.8 Å². The highest BCUT2D eigenvalue weighted by Gasteiger charge is 2.34. The molecule has 1 atom stereocenters. The number of nitrogens with two attached hydrogens (primary N) is 1. The molecule has 0 saturated heterocycles. The van der Waals surface area contributed by atoms with Gasteiger partial charge < -0.3 is 10.8 Å². The Morgan fingerprint density at radius 2 is 1.88 bits per heavy atom. The van der Waals surface area contributed by atoms with E-state index >= 15 is 0 Å². The van der Waals surface area contributed by atoms with Gasteiger partial charge in [0, 0.05) is 5.41 Å². The smallest absolute Gasteiger partial charge is 0.321 e. The van der Waals surface area contributed by atoms with Gasteiger partial charge in [0.15, 0.2) is 0 Å². The number of carboxylic acids is 1. The van der Waals surface area contributed by atoms with Crippen molar-refractivity contribution in [3.8, 4) is 0 Å². The summed E-state index contributed by atoms with van der Waals surface area (Å²) in [6, 6.07) is 8.53. The minimum Gasteiger partial charge on any atom is -0.480 e. The van der Waals surface area contributed by atoms with E-state index in [2.05, 4.69) is 6.58 Å². The molecule has 0 amide bonds. The number of carboxylic acid groups (broad SMARTS) is 1. The van der Waals surface area contributed by atoms with Crippen LogP contribution in [0.5, 0.6) is 0 Å². The van der Waals surface area contributed by atoms with Gasteiger partial charge in [-0.2, -0.15) is 0 Å². The molecule has 0 aromatic heterocycles. The third-order valence-corrected chi connectivity index (χ3v) is 2.94. The molecule has 1 aromatic carbocycles. The lowest BCUT2D eigenvalue weighted by molar-refractivity contribution is -0.140. The molecule has 0 unspecified atom stereocenters. The molecule has 3 nitrogen and oxygen atoms in total.